The maximum Gasteiger partial charge on any atom is 0.307 e. The first-order valence-electron chi connectivity index (χ1n) is 8.00. The van der Waals surface area contributed by atoms with Crippen molar-refractivity contribution in [2.45, 2.75) is 25.3 Å². The quantitative estimate of drug-likeness (QED) is 0.661. The number of aliphatic carboxylic acids is 1. The van der Waals surface area contributed by atoms with E-state index in [0.717, 1.165) is 6.42 Å². The molecule has 2 unspecified atom stereocenters. The van der Waals surface area contributed by atoms with Crippen LogP contribution in [0.4, 0.5) is 11.4 Å². The van der Waals surface area contributed by atoms with Crippen LogP contribution in [-0.4, -0.2) is 52.5 Å². The molecular weight excluding hydrogens is 314 g/mol. The van der Waals surface area contributed by atoms with Crippen LogP contribution in [0.25, 0.3) is 0 Å². The van der Waals surface area contributed by atoms with Crippen molar-refractivity contribution in [3.63, 3.8) is 0 Å². The van der Waals surface area contributed by atoms with Gasteiger partial charge in [0.15, 0.2) is 0 Å². The first-order chi connectivity index (χ1) is 11.5. The Kier molecular flexibility index (Phi) is 4.48. The zero-order chi connectivity index (χ0) is 17.3. The summed E-state index contributed by atoms with van der Waals surface area (Å²) in [4.78, 5) is 37.8. The zero-order valence-electron chi connectivity index (χ0n) is 13.1. The lowest BCUT2D eigenvalue weighted by molar-refractivity contribution is -0.384. The normalized spacial score (nSPS) is 25.0. The summed E-state index contributed by atoms with van der Waals surface area (Å²) in [5.74, 6) is -1.36. The molecule has 2 atom stereocenters. The van der Waals surface area contributed by atoms with Gasteiger partial charge in [-0.3, -0.25) is 24.6 Å². The Labute approximate surface area is 138 Å². The third-order valence-electron chi connectivity index (χ3n) is 4.77. The number of rotatable bonds is 4. The SMILES string of the molecule is O=C(O)C1CCCN(C2CCN(c3cccc([N+](=O)[O-])c3)C2=O)C1. The molecule has 128 valence electrons. The lowest BCUT2D eigenvalue weighted by Gasteiger charge is -2.34. The van der Waals surface area contributed by atoms with Crippen molar-refractivity contribution in [1.82, 2.24) is 4.90 Å². The van der Waals surface area contributed by atoms with Gasteiger partial charge in [-0.2, -0.15) is 0 Å². The highest BCUT2D eigenvalue weighted by Gasteiger charge is 2.39. The lowest BCUT2D eigenvalue weighted by Crippen LogP contribution is -2.48. The zero-order valence-corrected chi connectivity index (χ0v) is 13.1. The predicted molar refractivity (Wildman–Crippen MR) is 85.8 cm³/mol. The number of nitrogens with zero attached hydrogens (tertiary/aromatic N) is 3. The van der Waals surface area contributed by atoms with Crippen molar-refractivity contribution >= 4 is 23.3 Å². The Morgan fingerprint density at radius 1 is 1.29 bits per heavy atom. The number of carboxylic acids is 1. The maximum atomic E-state index is 12.7. The Morgan fingerprint density at radius 2 is 2.08 bits per heavy atom. The minimum Gasteiger partial charge on any atom is -0.481 e. The second-order valence-corrected chi connectivity index (χ2v) is 6.24. The summed E-state index contributed by atoms with van der Waals surface area (Å²) < 4.78 is 0. The van der Waals surface area contributed by atoms with Gasteiger partial charge in [0.2, 0.25) is 5.91 Å². The van der Waals surface area contributed by atoms with Gasteiger partial charge >= 0.3 is 5.97 Å². The van der Waals surface area contributed by atoms with E-state index in [0.29, 0.717) is 38.2 Å². The second-order valence-electron chi connectivity index (χ2n) is 6.24. The summed E-state index contributed by atoms with van der Waals surface area (Å²) in [5.41, 5.74) is 0.469. The van der Waals surface area contributed by atoms with E-state index in [4.69, 9.17) is 0 Å². The molecule has 24 heavy (non-hydrogen) atoms. The summed E-state index contributed by atoms with van der Waals surface area (Å²) in [7, 11) is 0. The molecule has 1 N–H and O–H groups in total. The number of nitro benzene ring substituents is 1. The maximum absolute atomic E-state index is 12.7. The average Bonchev–Trinajstić information content (AvgIpc) is 2.96. The monoisotopic (exact) mass is 333 g/mol. The van der Waals surface area contributed by atoms with Crippen molar-refractivity contribution in [3.8, 4) is 0 Å². The van der Waals surface area contributed by atoms with Gasteiger partial charge in [-0.1, -0.05) is 6.07 Å². The Hall–Kier alpha value is -2.48. The van der Waals surface area contributed by atoms with E-state index in [1.54, 1.807) is 17.0 Å². The van der Waals surface area contributed by atoms with E-state index in [9.17, 15) is 24.8 Å². The fourth-order valence-electron chi connectivity index (χ4n) is 3.53. The third kappa shape index (κ3) is 3.09. The number of piperidine rings is 1. The molecule has 0 bridgehead atoms. The van der Waals surface area contributed by atoms with Crippen LogP contribution < -0.4 is 4.90 Å². The van der Waals surface area contributed by atoms with E-state index < -0.39 is 16.8 Å². The molecule has 0 radical (unpaired) electrons. The van der Waals surface area contributed by atoms with Crippen molar-refractivity contribution < 1.29 is 19.6 Å². The summed E-state index contributed by atoms with van der Waals surface area (Å²) in [6.45, 7) is 1.58. The molecule has 2 saturated heterocycles. The van der Waals surface area contributed by atoms with Crippen LogP contribution in [0, 0.1) is 16.0 Å². The predicted octanol–water partition coefficient (Wildman–Crippen LogP) is 1.50. The molecule has 1 aromatic rings. The molecule has 2 aliphatic rings. The second kappa shape index (κ2) is 6.56. The van der Waals surface area contributed by atoms with Gasteiger partial charge in [0, 0.05) is 25.2 Å². The van der Waals surface area contributed by atoms with E-state index in [1.165, 1.54) is 12.1 Å². The van der Waals surface area contributed by atoms with Gasteiger partial charge < -0.3 is 10.0 Å². The molecule has 2 fully saturated rings. The number of carbonyl (C=O) groups is 2. The smallest absolute Gasteiger partial charge is 0.307 e. The van der Waals surface area contributed by atoms with Crippen LogP contribution >= 0.6 is 0 Å². The number of amides is 1. The first-order valence-corrected chi connectivity index (χ1v) is 8.00. The Balaban J connectivity index is 1.74. The van der Waals surface area contributed by atoms with E-state index in [-0.39, 0.29) is 17.6 Å². The molecule has 1 amide bonds. The number of likely N-dealkylation sites (tertiary alicyclic amines) is 1. The van der Waals surface area contributed by atoms with E-state index >= 15 is 0 Å². The fourth-order valence-corrected chi connectivity index (χ4v) is 3.53. The van der Waals surface area contributed by atoms with Gasteiger partial charge in [0.05, 0.1) is 22.6 Å². The molecule has 0 spiro atoms. The number of anilines is 1. The number of nitro groups is 1. The number of hydrogen-bond donors (Lipinski definition) is 1. The van der Waals surface area contributed by atoms with Crippen LogP contribution in [0.1, 0.15) is 19.3 Å². The fraction of sp³-hybridized carbons (Fsp3) is 0.500. The molecule has 0 saturated carbocycles. The summed E-state index contributed by atoms with van der Waals surface area (Å²) in [6.07, 6.45) is 2.01. The summed E-state index contributed by atoms with van der Waals surface area (Å²) in [6, 6.07) is 5.70. The number of carboxylic acid groups (broad SMARTS) is 1. The number of carbonyl (C=O) groups excluding carboxylic acids is 1. The molecule has 8 heteroatoms. The van der Waals surface area contributed by atoms with Crippen LogP contribution in [0.15, 0.2) is 24.3 Å². The average molecular weight is 333 g/mol. The number of non-ortho nitro benzene ring substituents is 1. The standard InChI is InChI=1S/C16H19N3O5/c20-15-14(17-7-2-3-11(10-17)16(21)22)6-8-18(15)12-4-1-5-13(9-12)19(23)24/h1,4-5,9,11,14H,2-3,6-8,10H2,(H,21,22). The van der Waals surface area contributed by atoms with Gasteiger partial charge in [-0.25, -0.2) is 0 Å². The van der Waals surface area contributed by atoms with Gasteiger partial charge in [0.25, 0.3) is 5.69 Å². The van der Waals surface area contributed by atoms with Crippen molar-refractivity contribution in [2.24, 2.45) is 5.92 Å². The van der Waals surface area contributed by atoms with E-state index in [2.05, 4.69) is 0 Å². The van der Waals surface area contributed by atoms with Gasteiger partial charge in [-0.05, 0) is 31.9 Å². The van der Waals surface area contributed by atoms with Gasteiger partial charge in [-0.15, -0.1) is 0 Å². The largest absolute Gasteiger partial charge is 0.481 e. The summed E-state index contributed by atoms with van der Waals surface area (Å²) in [5, 5.41) is 20.1. The molecule has 0 aromatic heterocycles. The molecule has 3 rings (SSSR count). The topological polar surface area (TPSA) is 104 Å². The molecule has 8 nitrogen and oxygen atoms in total. The van der Waals surface area contributed by atoms with Crippen LogP contribution in [-0.2, 0) is 9.59 Å². The molecular formula is C16H19N3O5. The highest BCUT2D eigenvalue weighted by Crippen LogP contribution is 2.29. The van der Waals surface area contributed by atoms with Crippen LogP contribution in [0.2, 0.25) is 0 Å². The third-order valence-corrected chi connectivity index (χ3v) is 4.77. The summed E-state index contributed by atoms with van der Waals surface area (Å²) >= 11 is 0. The number of benzene rings is 1. The minimum absolute atomic E-state index is 0.0485. The molecule has 1 aromatic carbocycles. The number of hydrogen-bond acceptors (Lipinski definition) is 5. The molecule has 0 aliphatic carbocycles. The van der Waals surface area contributed by atoms with Crippen molar-refractivity contribution in [3.05, 3.63) is 34.4 Å². The van der Waals surface area contributed by atoms with Crippen LogP contribution in [0.3, 0.4) is 0 Å². The Morgan fingerprint density at radius 3 is 2.79 bits per heavy atom. The lowest BCUT2D eigenvalue weighted by atomic mass is 9.96. The first kappa shape index (κ1) is 16.4. The molecule has 2 aliphatic heterocycles. The Bertz CT molecular complexity index is 677. The van der Waals surface area contributed by atoms with Crippen molar-refractivity contribution in [2.75, 3.05) is 24.5 Å². The minimum atomic E-state index is -0.819. The van der Waals surface area contributed by atoms with Gasteiger partial charge in [0.1, 0.15) is 0 Å². The van der Waals surface area contributed by atoms with E-state index in [1.807, 2.05) is 4.90 Å². The van der Waals surface area contributed by atoms with Crippen molar-refractivity contribution in [1.29, 1.82) is 0 Å². The van der Waals surface area contributed by atoms with Crippen LogP contribution in [0.5, 0.6) is 0 Å². The highest BCUT2D eigenvalue weighted by atomic mass is 16.6. The molecule has 2 heterocycles. The highest BCUT2D eigenvalue weighted by molar-refractivity contribution is 5.99.